The van der Waals surface area contributed by atoms with Gasteiger partial charge in [0.1, 0.15) is 11.5 Å². The molecule has 2 rings (SSSR count). The molecule has 0 amide bonds. The maximum Gasteiger partial charge on any atom is 0.416 e. The first-order valence-corrected chi connectivity index (χ1v) is 5.07. The van der Waals surface area contributed by atoms with Crippen LogP contribution in [0, 0.1) is 0 Å². The molecule has 0 fully saturated rings. The van der Waals surface area contributed by atoms with Gasteiger partial charge in [0.05, 0.1) is 5.56 Å². The van der Waals surface area contributed by atoms with Crippen LogP contribution >= 0.6 is 0 Å². The lowest BCUT2D eigenvalue weighted by Crippen LogP contribution is -2.03. The van der Waals surface area contributed by atoms with Gasteiger partial charge in [-0.25, -0.2) is 0 Å². The number of rotatable bonds is 1. The summed E-state index contributed by atoms with van der Waals surface area (Å²) in [5, 5.41) is 18.9. The highest BCUT2D eigenvalue weighted by molar-refractivity contribution is 5.71. The van der Waals surface area contributed by atoms with Crippen molar-refractivity contribution in [2.24, 2.45) is 0 Å². The molecule has 0 bridgehead atoms. The molecule has 0 atom stereocenters. The lowest BCUT2D eigenvalue weighted by Gasteiger charge is -2.09. The average Bonchev–Trinajstić information content (AvgIpc) is 2.31. The van der Waals surface area contributed by atoms with Crippen molar-refractivity contribution in [1.29, 1.82) is 0 Å². The highest BCUT2D eigenvalue weighted by Gasteiger charge is 2.30. The fourth-order valence-electron chi connectivity index (χ4n) is 1.59. The molecule has 2 nitrogen and oxygen atoms in total. The van der Waals surface area contributed by atoms with Gasteiger partial charge in [-0.15, -0.1) is 0 Å². The van der Waals surface area contributed by atoms with E-state index in [1.807, 2.05) is 0 Å². The summed E-state index contributed by atoms with van der Waals surface area (Å²) >= 11 is 0. The van der Waals surface area contributed by atoms with Gasteiger partial charge in [-0.2, -0.15) is 13.2 Å². The van der Waals surface area contributed by atoms with E-state index >= 15 is 0 Å². The molecule has 0 heterocycles. The molecule has 2 N–H and O–H groups in total. The third-order valence-corrected chi connectivity index (χ3v) is 2.50. The van der Waals surface area contributed by atoms with E-state index < -0.39 is 11.7 Å². The number of hydrogen-bond donors (Lipinski definition) is 2. The zero-order valence-corrected chi connectivity index (χ0v) is 9.07. The molecule has 2 aromatic rings. The first-order valence-electron chi connectivity index (χ1n) is 5.07. The standard InChI is InChI=1S/C13H9F3O2/c14-13(15,16)9-3-1-8(2-4-9)11-7-10(17)5-6-12(11)18/h1-7,17-18H. The number of hydrogen-bond acceptors (Lipinski definition) is 2. The van der Waals surface area contributed by atoms with Crippen LogP contribution in [0.5, 0.6) is 11.5 Å². The Morgan fingerprint density at radius 2 is 1.44 bits per heavy atom. The van der Waals surface area contributed by atoms with E-state index in [4.69, 9.17) is 0 Å². The van der Waals surface area contributed by atoms with E-state index in [-0.39, 0.29) is 17.1 Å². The summed E-state index contributed by atoms with van der Waals surface area (Å²) in [6, 6.07) is 8.22. The second-order valence-electron chi connectivity index (χ2n) is 3.78. The summed E-state index contributed by atoms with van der Waals surface area (Å²) in [7, 11) is 0. The highest BCUT2D eigenvalue weighted by atomic mass is 19.4. The molecular formula is C13H9F3O2. The first-order chi connectivity index (χ1) is 8.38. The number of halogens is 3. The Morgan fingerprint density at radius 1 is 0.833 bits per heavy atom. The van der Waals surface area contributed by atoms with E-state index in [2.05, 4.69) is 0 Å². The fraction of sp³-hybridized carbons (Fsp3) is 0.0769. The van der Waals surface area contributed by atoms with Gasteiger partial charge in [-0.05, 0) is 35.9 Å². The Labute approximate surface area is 101 Å². The Kier molecular flexibility index (Phi) is 2.90. The molecule has 5 heteroatoms. The summed E-state index contributed by atoms with van der Waals surface area (Å²) in [5.74, 6) is -0.171. The van der Waals surface area contributed by atoms with Crippen LogP contribution in [0.2, 0.25) is 0 Å². The van der Waals surface area contributed by atoms with Crippen molar-refractivity contribution in [3.8, 4) is 22.6 Å². The quantitative estimate of drug-likeness (QED) is 0.760. The second kappa shape index (κ2) is 4.25. The van der Waals surface area contributed by atoms with E-state index in [1.165, 1.54) is 30.3 Å². The number of benzene rings is 2. The number of phenolic OH excluding ortho intramolecular Hbond substituents is 2. The Bertz CT molecular complexity index is 559. The van der Waals surface area contributed by atoms with Gasteiger partial charge in [0.25, 0.3) is 0 Å². The zero-order chi connectivity index (χ0) is 13.3. The molecule has 0 saturated carbocycles. The Morgan fingerprint density at radius 3 is 2.00 bits per heavy atom. The molecule has 18 heavy (non-hydrogen) atoms. The van der Waals surface area contributed by atoms with Crippen LogP contribution < -0.4 is 0 Å². The van der Waals surface area contributed by atoms with Gasteiger partial charge in [0.2, 0.25) is 0 Å². The van der Waals surface area contributed by atoms with E-state index in [0.717, 1.165) is 12.1 Å². The van der Waals surface area contributed by atoms with Crippen LogP contribution in [0.15, 0.2) is 42.5 Å². The molecule has 0 aliphatic heterocycles. The minimum Gasteiger partial charge on any atom is -0.508 e. The van der Waals surface area contributed by atoms with E-state index in [9.17, 15) is 23.4 Å². The van der Waals surface area contributed by atoms with Gasteiger partial charge >= 0.3 is 6.18 Å². The van der Waals surface area contributed by atoms with Crippen molar-refractivity contribution in [1.82, 2.24) is 0 Å². The van der Waals surface area contributed by atoms with E-state index in [0.29, 0.717) is 5.56 Å². The molecule has 2 aromatic carbocycles. The fourth-order valence-corrected chi connectivity index (χ4v) is 1.59. The van der Waals surface area contributed by atoms with Crippen molar-refractivity contribution in [3.05, 3.63) is 48.0 Å². The lowest BCUT2D eigenvalue weighted by molar-refractivity contribution is -0.137. The van der Waals surface area contributed by atoms with Crippen molar-refractivity contribution in [3.63, 3.8) is 0 Å². The molecule has 0 aromatic heterocycles. The maximum absolute atomic E-state index is 12.4. The largest absolute Gasteiger partial charge is 0.508 e. The van der Waals surface area contributed by atoms with Gasteiger partial charge in [-0.3, -0.25) is 0 Å². The monoisotopic (exact) mass is 254 g/mol. The van der Waals surface area contributed by atoms with Gasteiger partial charge in [0, 0.05) is 5.56 Å². The third-order valence-electron chi connectivity index (χ3n) is 2.50. The van der Waals surface area contributed by atoms with Crippen molar-refractivity contribution >= 4 is 0 Å². The van der Waals surface area contributed by atoms with E-state index in [1.54, 1.807) is 0 Å². The molecule has 0 aliphatic rings. The number of alkyl halides is 3. The smallest absolute Gasteiger partial charge is 0.416 e. The maximum atomic E-state index is 12.4. The minimum atomic E-state index is -4.39. The normalized spacial score (nSPS) is 11.5. The van der Waals surface area contributed by atoms with Crippen molar-refractivity contribution < 1.29 is 23.4 Å². The van der Waals surface area contributed by atoms with Crippen molar-refractivity contribution in [2.45, 2.75) is 6.18 Å². The first kappa shape index (κ1) is 12.3. The molecule has 0 spiro atoms. The van der Waals surface area contributed by atoms with Crippen LogP contribution in [0.3, 0.4) is 0 Å². The van der Waals surface area contributed by atoms with Gasteiger partial charge in [0.15, 0.2) is 0 Å². The minimum absolute atomic E-state index is 0.0669. The highest BCUT2D eigenvalue weighted by Crippen LogP contribution is 2.35. The Balaban J connectivity index is 2.43. The summed E-state index contributed by atoms with van der Waals surface area (Å²) < 4.78 is 37.1. The number of aromatic hydroxyl groups is 2. The van der Waals surface area contributed by atoms with Crippen LogP contribution in [0.25, 0.3) is 11.1 Å². The molecule has 0 unspecified atom stereocenters. The predicted molar refractivity (Wildman–Crippen MR) is 60.2 cm³/mol. The second-order valence-corrected chi connectivity index (χ2v) is 3.78. The average molecular weight is 254 g/mol. The summed E-state index contributed by atoms with van der Waals surface area (Å²) in [5.41, 5.74) is -0.0778. The van der Waals surface area contributed by atoms with Gasteiger partial charge < -0.3 is 10.2 Å². The van der Waals surface area contributed by atoms with Crippen molar-refractivity contribution in [2.75, 3.05) is 0 Å². The lowest BCUT2D eigenvalue weighted by atomic mass is 10.0. The van der Waals surface area contributed by atoms with Gasteiger partial charge in [-0.1, -0.05) is 12.1 Å². The SMILES string of the molecule is Oc1ccc(O)c(-c2ccc(C(F)(F)F)cc2)c1. The topological polar surface area (TPSA) is 40.5 Å². The summed E-state index contributed by atoms with van der Waals surface area (Å²) in [4.78, 5) is 0. The predicted octanol–water partition coefficient (Wildman–Crippen LogP) is 3.78. The molecule has 94 valence electrons. The molecular weight excluding hydrogens is 245 g/mol. The zero-order valence-electron chi connectivity index (χ0n) is 9.07. The number of phenols is 2. The van der Waals surface area contributed by atoms with Crippen LogP contribution in [0.4, 0.5) is 13.2 Å². The van der Waals surface area contributed by atoms with Crippen LogP contribution in [-0.4, -0.2) is 10.2 Å². The summed E-state index contributed by atoms with van der Waals surface area (Å²) in [6.07, 6.45) is -4.39. The Hall–Kier alpha value is -2.17. The molecule has 0 aliphatic carbocycles. The van der Waals surface area contributed by atoms with Crippen LogP contribution in [-0.2, 0) is 6.18 Å². The summed E-state index contributed by atoms with van der Waals surface area (Å²) in [6.45, 7) is 0. The molecule has 0 radical (unpaired) electrons. The third kappa shape index (κ3) is 2.40. The molecule has 0 saturated heterocycles. The van der Waals surface area contributed by atoms with Crippen LogP contribution in [0.1, 0.15) is 5.56 Å².